The third-order valence-corrected chi connectivity index (χ3v) is 6.60. The number of aryl methyl sites for hydroxylation is 1. The van der Waals surface area contributed by atoms with E-state index in [2.05, 4.69) is 47.3 Å². The van der Waals surface area contributed by atoms with E-state index in [0.717, 1.165) is 48.0 Å². The van der Waals surface area contributed by atoms with Gasteiger partial charge in [0.25, 0.3) is 0 Å². The number of carbonyl (C=O) groups excluding carboxylic acids is 1. The summed E-state index contributed by atoms with van der Waals surface area (Å²) >= 11 is 0. The molecule has 1 atom stereocenters. The van der Waals surface area contributed by atoms with E-state index in [-0.39, 0.29) is 5.78 Å². The molecule has 3 nitrogen and oxygen atoms in total. The summed E-state index contributed by atoms with van der Waals surface area (Å²) in [5, 5.41) is 1.17. The van der Waals surface area contributed by atoms with Crippen LogP contribution in [0.5, 0.6) is 0 Å². The second-order valence-electron chi connectivity index (χ2n) is 8.42. The van der Waals surface area contributed by atoms with Gasteiger partial charge in [-0.1, -0.05) is 43.7 Å². The van der Waals surface area contributed by atoms with Crippen LogP contribution in [0.4, 0.5) is 0 Å². The molecular formula is C26H28N2O. The molecule has 0 spiro atoms. The molecule has 0 radical (unpaired) electrons. The Morgan fingerprint density at radius 3 is 3.00 bits per heavy atom. The summed E-state index contributed by atoms with van der Waals surface area (Å²) in [7, 11) is 0. The summed E-state index contributed by atoms with van der Waals surface area (Å²) in [5.41, 5.74) is 6.56. The summed E-state index contributed by atoms with van der Waals surface area (Å²) in [6, 6.07) is 14.8. The second-order valence-corrected chi connectivity index (χ2v) is 8.42. The van der Waals surface area contributed by atoms with Gasteiger partial charge in [0, 0.05) is 46.4 Å². The molecule has 0 saturated carbocycles. The highest BCUT2D eigenvalue weighted by Gasteiger charge is 2.28. The molecule has 5 rings (SSSR count). The van der Waals surface area contributed by atoms with Crippen LogP contribution >= 0.6 is 0 Å². The topological polar surface area (TPSA) is 36.1 Å². The summed E-state index contributed by atoms with van der Waals surface area (Å²) in [4.78, 5) is 19.3. The van der Waals surface area contributed by atoms with Crippen molar-refractivity contribution in [3.05, 3.63) is 77.0 Å². The first kappa shape index (κ1) is 18.4. The van der Waals surface area contributed by atoms with E-state index in [4.69, 9.17) is 0 Å². The lowest BCUT2D eigenvalue weighted by Gasteiger charge is -2.29. The summed E-state index contributed by atoms with van der Waals surface area (Å²) in [5.74, 6) is 0.127. The van der Waals surface area contributed by atoms with Gasteiger partial charge in [-0.25, -0.2) is 0 Å². The second kappa shape index (κ2) is 7.64. The summed E-state index contributed by atoms with van der Waals surface area (Å²) < 4.78 is 0. The molecular weight excluding hydrogens is 356 g/mol. The van der Waals surface area contributed by atoms with Crippen molar-refractivity contribution in [1.82, 2.24) is 9.88 Å². The zero-order valence-electron chi connectivity index (χ0n) is 17.1. The van der Waals surface area contributed by atoms with Gasteiger partial charge in [-0.2, -0.15) is 0 Å². The molecule has 1 unspecified atom stereocenters. The number of hydrogen-bond acceptors (Lipinski definition) is 2. The van der Waals surface area contributed by atoms with Gasteiger partial charge in [0.1, 0.15) is 0 Å². The maximum Gasteiger partial charge on any atom is 0.193 e. The van der Waals surface area contributed by atoms with Crippen molar-refractivity contribution in [3.8, 4) is 0 Å². The minimum Gasteiger partial charge on any atom is -0.361 e. The highest BCUT2D eigenvalue weighted by molar-refractivity contribution is 6.12. The fourth-order valence-corrected chi connectivity index (χ4v) is 5.06. The van der Waals surface area contributed by atoms with Crippen LogP contribution in [0.25, 0.3) is 16.5 Å². The molecule has 29 heavy (non-hydrogen) atoms. The van der Waals surface area contributed by atoms with E-state index in [9.17, 15) is 4.79 Å². The van der Waals surface area contributed by atoms with E-state index in [0.29, 0.717) is 6.04 Å². The van der Waals surface area contributed by atoms with Gasteiger partial charge in [0.05, 0.1) is 0 Å². The third kappa shape index (κ3) is 3.34. The average Bonchev–Trinajstić information content (AvgIpc) is 3.39. The molecule has 0 amide bonds. The predicted molar refractivity (Wildman–Crippen MR) is 119 cm³/mol. The summed E-state index contributed by atoms with van der Waals surface area (Å²) in [6.07, 6.45) is 10.2. The number of H-pyrrole nitrogens is 1. The Balaban J connectivity index is 1.51. The highest BCUT2D eigenvalue weighted by atomic mass is 16.1. The van der Waals surface area contributed by atoms with Crippen molar-refractivity contribution in [2.45, 2.75) is 45.1 Å². The number of rotatable bonds is 5. The minimum absolute atomic E-state index is 0.127. The fraction of sp³-hybridized carbons (Fsp3) is 0.346. The molecule has 2 aliphatic rings. The van der Waals surface area contributed by atoms with Gasteiger partial charge in [0.15, 0.2) is 5.78 Å². The molecule has 1 fully saturated rings. The zero-order valence-corrected chi connectivity index (χ0v) is 17.1. The average molecular weight is 385 g/mol. The van der Waals surface area contributed by atoms with Crippen molar-refractivity contribution in [2.75, 3.05) is 13.1 Å². The van der Waals surface area contributed by atoms with Crippen LogP contribution < -0.4 is 0 Å². The van der Waals surface area contributed by atoms with Gasteiger partial charge < -0.3 is 4.98 Å². The number of ketones is 1. The Kier molecular flexibility index (Phi) is 4.84. The van der Waals surface area contributed by atoms with Crippen molar-refractivity contribution in [3.63, 3.8) is 0 Å². The summed E-state index contributed by atoms with van der Waals surface area (Å²) in [6.45, 7) is 4.44. The lowest BCUT2D eigenvalue weighted by Crippen LogP contribution is -2.32. The maximum atomic E-state index is 13.3. The lowest BCUT2D eigenvalue weighted by molar-refractivity contribution is 0.103. The number of benzene rings is 2. The molecule has 3 aromatic rings. The van der Waals surface area contributed by atoms with Crippen LogP contribution in [0.2, 0.25) is 0 Å². The van der Waals surface area contributed by atoms with Crippen LogP contribution in [0.3, 0.4) is 0 Å². The third-order valence-electron chi connectivity index (χ3n) is 6.60. The first-order valence-corrected chi connectivity index (χ1v) is 10.9. The first-order valence-electron chi connectivity index (χ1n) is 10.9. The molecule has 0 aliphatic carbocycles. The number of hydrogen-bond donors (Lipinski definition) is 1. The van der Waals surface area contributed by atoms with E-state index in [1.807, 2.05) is 24.3 Å². The molecule has 1 aromatic heterocycles. The minimum atomic E-state index is 0.127. The Morgan fingerprint density at radius 2 is 2.10 bits per heavy atom. The number of nitrogens with one attached hydrogen (secondary N) is 1. The van der Waals surface area contributed by atoms with E-state index < -0.39 is 0 Å². The van der Waals surface area contributed by atoms with E-state index >= 15 is 0 Å². The van der Waals surface area contributed by atoms with Crippen LogP contribution in [-0.4, -0.2) is 34.8 Å². The van der Waals surface area contributed by atoms with Gasteiger partial charge in [-0.05, 0) is 61.6 Å². The molecule has 2 aromatic carbocycles. The normalized spacial score (nSPS) is 19.3. The first-order chi connectivity index (χ1) is 14.2. The molecule has 2 aliphatic heterocycles. The van der Waals surface area contributed by atoms with Crippen LogP contribution in [-0.2, 0) is 6.42 Å². The Morgan fingerprint density at radius 1 is 1.21 bits per heavy atom. The molecule has 3 heteroatoms. The molecule has 148 valence electrons. The number of carbonyl (C=O) groups is 1. The number of aromatic nitrogens is 1. The Bertz CT molecular complexity index is 1090. The van der Waals surface area contributed by atoms with E-state index in [1.54, 1.807) is 0 Å². The Hall–Kier alpha value is -2.65. The van der Waals surface area contributed by atoms with Gasteiger partial charge in [-0.15, -0.1) is 0 Å². The SMILES string of the molecule is CCCc1ccccc1C(=O)c1ccc2[nH]cc(C3=CCN4CCCC4C3)c2c1. The smallest absolute Gasteiger partial charge is 0.193 e. The number of fused-ring (bicyclic) bond motifs is 2. The van der Waals surface area contributed by atoms with Crippen LogP contribution in [0.15, 0.2) is 54.7 Å². The lowest BCUT2D eigenvalue weighted by atomic mass is 9.92. The molecule has 3 heterocycles. The Labute approximate surface area is 172 Å². The largest absolute Gasteiger partial charge is 0.361 e. The zero-order chi connectivity index (χ0) is 19.8. The van der Waals surface area contributed by atoms with Crippen LogP contribution in [0, 0.1) is 0 Å². The van der Waals surface area contributed by atoms with Crippen LogP contribution in [0.1, 0.15) is 59.7 Å². The van der Waals surface area contributed by atoms with Gasteiger partial charge in [0.2, 0.25) is 0 Å². The van der Waals surface area contributed by atoms with Crippen molar-refractivity contribution < 1.29 is 4.79 Å². The molecule has 1 N–H and O–H groups in total. The standard InChI is InChI=1S/C26H28N2O/c1-2-6-18-7-3-4-9-22(18)26(29)20-10-11-25-23(16-20)24(17-27-25)19-12-14-28-13-5-8-21(28)15-19/h3-4,7,9-12,16-17,21,27H,2,5-6,8,13-15H2,1H3. The monoisotopic (exact) mass is 384 g/mol. The molecule has 1 saturated heterocycles. The number of nitrogens with zero attached hydrogens (tertiary/aromatic N) is 1. The predicted octanol–water partition coefficient (Wildman–Crippen LogP) is 5.60. The fourth-order valence-electron chi connectivity index (χ4n) is 5.06. The maximum absolute atomic E-state index is 13.3. The van der Waals surface area contributed by atoms with Gasteiger partial charge >= 0.3 is 0 Å². The number of aromatic amines is 1. The van der Waals surface area contributed by atoms with Crippen molar-refractivity contribution in [2.24, 2.45) is 0 Å². The van der Waals surface area contributed by atoms with Gasteiger partial charge in [-0.3, -0.25) is 9.69 Å². The molecule has 0 bridgehead atoms. The van der Waals surface area contributed by atoms with Crippen molar-refractivity contribution >= 4 is 22.3 Å². The van der Waals surface area contributed by atoms with Crippen molar-refractivity contribution in [1.29, 1.82) is 0 Å². The quantitative estimate of drug-likeness (QED) is 0.581. The van der Waals surface area contributed by atoms with E-state index in [1.165, 1.54) is 35.9 Å². The highest BCUT2D eigenvalue weighted by Crippen LogP contribution is 2.35.